The summed E-state index contributed by atoms with van der Waals surface area (Å²) < 4.78 is 34.5. The predicted molar refractivity (Wildman–Crippen MR) is 189 cm³/mol. The lowest BCUT2D eigenvalue weighted by molar-refractivity contribution is 0.0976. The van der Waals surface area contributed by atoms with Crippen LogP contribution >= 0.6 is 34.8 Å². The number of amidine groups is 1. The van der Waals surface area contributed by atoms with Crippen molar-refractivity contribution in [2.45, 2.75) is 82.4 Å². The van der Waals surface area contributed by atoms with E-state index in [0.717, 1.165) is 12.8 Å². The first-order chi connectivity index (χ1) is 22.2. The molecule has 4 rings (SSSR count). The zero-order chi connectivity index (χ0) is 32.9. The summed E-state index contributed by atoms with van der Waals surface area (Å²) >= 11 is 18.6. The van der Waals surface area contributed by atoms with Crippen molar-refractivity contribution in [2.75, 3.05) is 22.9 Å². The van der Waals surface area contributed by atoms with E-state index in [4.69, 9.17) is 39.5 Å². The molecule has 0 aliphatic carbocycles. The number of carbonyl (C=O) groups is 1. The molecule has 1 heterocycles. The van der Waals surface area contributed by atoms with E-state index < -0.39 is 15.9 Å². The molecule has 0 aromatic heterocycles. The third-order valence-corrected chi connectivity index (χ3v) is 9.77. The van der Waals surface area contributed by atoms with Crippen molar-refractivity contribution in [3.63, 3.8) is 0 Å². The van der Waals surface area contributed by atoms with Gasteiger partial charge in [-0.05, 0) is 61.0 Å². The van der Waals surface area contributed by atoms with Crippen LogP contribution < -0.4 is 19.8 Å². The zero-order valence-corrected chi connectivity index (χ0v) is 29.1. The highest BCUT2D eigenvalue weighted by molar-refractivity contribution is 7.92. The summed E-state index contributed by atoms with van der Waals surface area (Å²) in [4.78, 5) is 13.1. The van der Waals surface area contributed by atoms with Crippen molar-refractivity contribution in [2.24, 2.45) is 5.10 Å². The van der Waals surface area contributed by atoms with E-state index in [-0.39, 0.29) is 16.1 Å². The van der Waals surface area contributed by atoms with Gasteiger partial charge in [-0.1, -0.05) is 106 Å². The highest BCUT2D eigenvalue weighted by Gasteiger charge is 2.23. The second-order valence-corrected chi connectivity index (χ2v) is 14.2. The molecule has 0 fully saturated rings. The van der Waals surface area contributed by atoms with Gasteiger partial charge in [-0.3, -0.25) is 14.5 Å². The molecule has 1 aliphatic heterocycles. The van der Waals surface area contributed by atoms with Gasteiger partial charge in [-0.2, -0.15) is 5.10 Å². The van der Waals surface area contributed by atoms with Crippen LogP contribution in [0.5, 0.6) is 5.75 Å². The molecule has 2 N–H and O–H groups in total. The van der Waals surface area contributed by atoms with E-state index in [2.05, 4.69) is 22.1 Å². The molecule has 0 bridgehead atoms. The average molecular weight is 708 g/mol. The van der Waals surface area contributed by atoms with Gasteiger partial charge >= 0.3 is 0 Å². The number of nitrogens with one attached hydrogen (secondary N) is 2. The number of ether oxygens (including phenoxy) is 1. The Morgan fingerprint density at radius 2 is 1.50 bits per heavy atom. The van der Waals surface area contributed by atoms with Gasteiger partial charge in [0.2, 0.25) is 0 Å². The summed E-state index contributed by atoms with van der Waals surface area (Å²) in [5, 5.41) is 9.93. The molecule has 3 aromatic carbocycles. The van der Waals surface area contributed by atoms with E-state index in [1.165, 1.54) is 69.6 Å². The van der Waals surface area contributed by atoms with Crippen LogP contribution in [0.2, 0.25) is 15.1 Å². The lowest BCUT2D eigenvalue weighted by atomic mass is 10.1. The fraction of sp³-hybridized carbons (Fsp3) is 0.412. The maximum Gasteiger partial charge on any atom is 0.261 e. The summed E-state index contributed by atoms with van der Waals surface area (Å²) in [5.41, 5.74) is 1.02. The molecule has 8 nitrogen and oxygen atoms in total. The second kappa shape index (κ2) is 17.8. The highest BCUT2D eigenvalue weighted by Crippen LogP contribution is 2.38. The summed E-state index contributed by atoms with van der Waals surface area (Å²) in [6.07, 6.45) is 13.0. The number of hydrogen-bond donors (Lipinski definition) is 2. The van der Waals surface area contributed by atoms with Crippen molar-refractivity contribution in [1.29, 1.82) is 0 Å². The number of anilines is 2. The summed E-state index contributed by atoms with van der Waals surface area (Å²) in [6, 6.07) is 15.7. The Kier molecular flexibility index (Phi) is 13.9. The lowest BCUT2D eigenvalue weighted by Crippen LogP contribution is -2.29. The number of nitrogens with zero attached hydrogens (tertiary/aromatic N) is 2. The van der Waals surface area contributed by atoms with E-state index >= 15 is 0 Å². The SMILES string of the molecule is CCCCCCCCCCCCOc1ccc(S(=O)(=O)Nc2cccc(C(=O)NC3=NN(c4c(Cl)cc(Cl)cc4Cl)CC3)c2)cc1. The van der Waals surface area contributed by atoms with E-state index in [0.29, 0.717) is 51.9 Å². The molecule has 0 saturated carbocycles. The molecule has 1 amide bonds. The lowest BCUT2D eigenvalue weighted by Gasteiger charge is -2.16. The largest absolute Gasteiger partial charge is 0.494 e. The number of benzene rings is 3. The second-order valence-electron chi connectivity index (χ2n) is 11.3. The Hall–Kier alpha value is -2.98. The minimum Gasteiger partial charge on any atom is -0.494 e. The normalized spacial score (nSPS) is 13.0. The van der Waals surface area contributed by atoms with Crippen molar-refractivity contribution in [1.82, 2.24) is 5.32 Å². The Balaban J connectivity index is 1.24. The molecule has 12 heteroatoms. The number of rotatable bonds is 17. The number of hydrazone groups is 1. The van der Waals surface area contributed by atoms with Gasteiger partial charge < -0.3 is 10.1 Å². The van der Waals surface area contributed by atoms with Crippen LogP contribution in [-0.2, 0) is 10.0 Å². The molecule has 0 atom stereocenters. The van der Waals surface area contributed by atoms with Gasteiger partial charge in [0.1, 0.15) is 11.6 Å². The molecule has 1 aliphatic rings. The van der Waals surface area contributed by atoms with Gasteiger partial charge in [-0.25, -0.2) is 8.42 Å². The number of amides is 1. The fourth-order valence-electron chi connectivity index (χ4n) is 5.12. The quantitative estimate of drug-likeness (QED) is 0.136. The number of sulfonamides is 1. The first-order valence-corrected chi connectivity index (χ1v) is 18.4. The van der Waals surface area contributed by atoms with E-state index in [1.807, 2.05) is 0 Å². The summed E-state index contributed by atoms with van der Waals surface area (Å²) in [6.45, 7) is 3.30. The smallest absolute Gasteiger partial charge is 0.261 e. The van der Waals surface area contributed by atoms with E-state index in [1.54, 1.807) is 47.5 Å². The van der Waals surface area contributed by atoms with Gasteiger partial charge in [-0.15, -0.1) is 0 Å². The number of carbonyl (C=O) groups excluding carboxylic acids is 1. The highest BCUT2D eigenvalue weighted by atomic mass is 35.5. The van der Waals surface area contributed by atoms with E-state index in [9.17, 15) is 13.2 Å². The Bertz CT molecular complexity index is 1580. The number of unbranched alkanes of at least 4 members (excludes halogenated alkanes) is 9. The molecule has 0 unspecified atom stereocenters. The van der Waals surface area contributed by atoms with Crippen LogP contribution in [0.3, 0.4) is 0 Å². The molecular weight excluding hydrogens is 667 g/mol. The predicted octanol–water partition coefficient (Wildman–Crippen LogP) is 9.70. The summed E-state index contributed by atoms with van der Waals surface area (Å²) in [5.74, 6) is 0.620. The molecular formula is C34H41Cl3N4O4S. The van der Waals surface area contributed by atoms with Crippen LogP contribution in [0.4, 0.5) is 11.4 Å². The van der Waals surface area contributed by atoms with Gasteiger partial charge in [0, 0.05) is 29.2 Å². The van der Waals surface area contributed by atoms with Crippen LogP contribution in [0.1, 0.15) is 87.9 Å². The number of halogens is 3. The van der Waals surface area contributed by atoms with Crippen molar-refractivity contribution in [3.05, 3.63) is 81.3 Å². The fourth-order valence-corrected chi connectivity index (χ4v) is 7.19. The summed E-state index contributed by atoms with van der Waals surface area (Å²) in [7, 11) is -3.89. The third kappa shape index (κ3) is 10.8. The molecule has 46 heavy (non-hydrogen) atoms. The molecule has 0 saturated heterocycles. The maximum absolute atomic E-state index is 13.1. The monoisotopic (exact) mass is 706 g/mol. The van der Waals surface area contributed by atoms with Crippen LogP contribution in [0, 0.1) is 0 Å². The molecule has 0 spiro atoms. The van der Waals surface area contributed by atoms with Gasteiger partial charge in [0.15, 0.2) is 0 Å². The zero-order valence-electron chi connectivity index (χ0n) is 26.0. The van der Waals surface area contributed by atoms with Crippen LogP contribution in [-0.4, -0.2) is 33.3 Å². The Morgan fingerprint density at radius 1 is 0.870 bits per heavy atom. The average Bonchev–Trinajstić information content (AvgIpc) is 3.47. The topological polar surface area (TPSA) is 100 Å². The number of hydrogen-bond acceptors (Lipinski definition) is 6. The molecule has 3 aromatic rings. The van der Waals surface area contributed by atoms with Gasteiger partial charge in [0.05, 0.1) is 27.2 Å². The van der Waals surface area contributed by atoms with Crippen molar-refractivity contribution in [3.8, 4) is 5.75 Å². The van der Waals surface area contributed by atoms with Gasteiger partial charge in [0.25, 0.3) is 15.9 Å². The first kappa shape index (κ1) is 35.9. The molecule has 0 radical (unpaired) electrons. The van der Waals surface area contributed by atoms with Crippen molar-refractivity contribution >= 4 is 67.9 Å². The minimum atomic E-state index is -3.89. The maximum atomic E-state index is 13.1. The van der Waals surface area contributed by atoms with Crippen LogP contribution in [0.25, 0.3) is 0 Å². The Labute approximate surface area is 287 Å². The first-order valence-electron chi connectivity index (χ1n) is 15.8. The molecule has 248 valence electrons. The van der Waals surface area contributed by atoms with Crippen molar-refractivity contribution < 1.29 is 17.9 Å². The Morgan fingerprint density at radius 3 is 2.15 bits per heavy atom. The third-order valence-electron chi connectivity index (χ3n) is 7.58. The minimum absolute atomic E-state index is 0.0913. The van der Waals surface area contributed by atoms with Crippen LogP contribution in [0.15, 0.2) is 70.7 Å². The standard InChI is InChI=1S/C34H41Cl3N4O4S/c1-2-3-4-5-6-7-8-9-10-11-21-45-28-15-17-29(18-16-28)46(43,44)40-27-14-12-13-25(22-27)34(42)38-32-19-20-41(39-32)33-30(36)23-26(35)24-31(33)37/h12-18,22-24,40H,2-11,19-21H2,1H3,(H,38,39,42).